The summed E-state index contributed by atoms with van der Waals surface area (Å²) in [6.07, 6.45) is 0.360. The molecule has 0 fully saturated rings. The maximum Gasteiger partial charge on any atom is 0.307 e. The summed E-state index contributed by atoms with van der Waals surface area (Å²) in [5.74, 6) is 1.13. The van der Waals surface area contributed by atoms with Gasteiger partial charge in [-0.15, -0.1) is 5.11 Å². The Kier molecular flexibility index (Phi) is 8.27. The van der Waals surface area contributed by atoms with Crippen molar-refractivity contribution in [3.8, 4) is 11.5 Å². The molecule has 0 saturated heterocycles. The van der Waals surface area contributed by atoms with Crippen molar-refractivity contribution >= 4 is 23.0 Å². The minimum atomic E-state index is -0.182. The van der Waals surface area contributed by atoms with E-state index in [0.29, 0.717) is 36.8 Å². The van der Waals surface area contributed by atoms with Gasteiger partial charge in [-0.1, -0.05) is 0 Å². The van der Waals surface area contributed by atoms with E-state index in [2.05, 4.69) is 15.1 Å². The lowest BCUT2D eigenvalue weighted by atomic mass is 10.2. The van der Waals surface area contributed by atoms with Gasteiger partial charge in [0.25, 0.3) is 0 Å². The summed E-state index contributed by atoms with van der Waals surface area (Å²) in [5.41, 5.74) is 2.33. The zero-order valence-electron chi connectivity index (χ0n) is 16.8. The number of ether oxygens (including phenoxy) is 3. The van der Waals surface area contributed by atoms with Crippen LogP contribution in [0.4, 0.5) is 17.1 Å². The number of hydrogen-bond donors (Lipinski definition) is 0. The molecule has 7 heteroatoms. The number of carbonyl (C=O) groups is 1. The molecule has 0 aliphatic rings. The Balaban J connectivity index is 2.07. The standard InChI is InChI=1S/C21H27N3O4/c1-5-24(14-13-21(25)28-6-2)17-9-7-16(8-10-17)22-23-19-15-18(26-3)11-12-20(19)27-4/h7-12,15H,5-6,13-14H2,1-4H3. The van der Waals surface area contributed by atoms with Crippen molar-refractivity contribution in [2.75, 3.05) is 38.8 Å². The first-order chi connectivity index (χ1) is 13.6. The van der Waals surface area contributed by atoms with Crippen LogP contribution < -0.4 is 14.4 Å². The zero-order valence-corrected chi connectivity index (χ0v) is 16.8. The Morgan fingerprint density at radius 2 is 1.75 bits per heavy atom. The van der Waals surface area contributed by atoms with Gasteiger partial charge in [0.15, 0.2) is 0 Å². The first-order valence-electron chi connectivity index (χ1n) is 9.25. The van der Waals surface area contributed by atoms with Crippen molar-refractivity contribution in [1.29, 1.82) is 0 Å². The molecule has 28 heavy (non-hydrogen) atoms. The van der Waals surface area contributed by atoms with E-state index in [1.165, 1.54) is 0 Å². The Labute approximate surface area is 165 Å². The van der Waals surface area contributed by atoms with Crippen molar-refractivity contribution in [2.24, 2.45) is 10.2 Å². The van der Waals surface area contributed by atoms with Crippen LogP contribution in [0.15, 0.2) is 52.7 Å². The number of azo groups is 1. The molecule has 0 amide bonds. The summed E-state index contributed by atoms with van der Waals surface area (Å²) in [4.78, 5) is 13.7. The maximum absolute atomic E-state index is 11.6. The van der Waals surface area contributed by atoms with Gasteiger partial charge in [-0.05, 0) is 50.2 Å². The number of methoxy groups -OCH3 is 2. The van der Waals surface area contributed by atoms with Gasteiger partial charge in [0.05, 0.1) is 32.9 Å². The van der Waals surface area contributed by atoms with E-state index in [-0.39, 0.29) is 5.97 Å². The predicted octanol–water partition coefficient (Wildman–Crippen LogP) is 4.90. The molecule has 0 aliphatic heterocycles. The summed E-state index contributed by atoms with van der Waals surface area (Å²) in [6, 6.07) is 13.1. The van der Waals surface area contributed by atoms with Crippen LogP contribution in [0, 0.1) is 0 Å². The van der Waals surface area contributed by atoms with Crippen LogP contribution in [-0.4, -0.2) is 39.9 Å². The summed E-state index contributed by atoms with van der Waals surface area (Å²) in [5, 5.41) is 8.56. The van der Waals surface area contributed by atoms with E-state index >= 15 is 0 Å². The number of carbonyl (C=O) groups excluding carboxylic acids is 1. The second-order valence-electron chi connectivity index (χ2n) is 5.89. The van der Waals surface area contributed by atoms with Crippen LogP contribution in [0.1, 0.15) is 20.3 Å². The first kappa shape index (κ1) is 21.2. The fraction of sp³-hybridized carbons (Fsp3) is 0.381. The molecule has 0 heterocycles. The molecule has 2 aromatic carbocycles. The van der Waals surface area contributed by atoms with Crippen LogP contribution >= 0.6 is 0 Å². The molecule has 0 saturated carbocycles. The number of nitrogens with zero attached hydrogens (tertiary/aromatic N) is 3. The highest BCUT2D eigenvalue weighted by atomic mass is 16.5. The lowest BCUT2D eigenvalue weighted by Gasteiger charge is -2.22. The summed E-state index contributed by atoms with van der Waals surface area (Å²) in [7, 11) is 3.19. The van der Waals surface area contributed by atoms with Gasteiger partial charge in [-0.3, -0.25) is 4.79 Å². The van der Waals surface area contributed by atoms with Gasteiger partial charge < -0.3 is 19.1 Å². The summed E-state index contributed by atoms with van der Waals surface area (Å²) >= 11 is 0. The topological polar surface area (TPSA) is 72.7 Å². The third kappa shape index (κ3) is 5.97. The lowest BCUT2D eigenvalue weighted by Crippen LogP contribution is -2.26. The first-order valence-corrected chi connectivity index (χ1v) is 9.25. The molecule has 0 radical (unpaired) electrons. The van der Waals surface area contributed by atoms with Crippen LogP contribution in [0.3, 0.4) is 0 Å². The minimum absolute atomic E-state index is 0.182. The summed E-state index contributed by atoms with van der Waals surface area (Å²) < 4.78 is 15.5. The monoisotopic (exact) mass is 385 g/mol. The Morgan fingerprint density at radius 1 is 1.00 bits per heavy atom. The molecule has 0 aliphatic carbocycles. The van der Waals surface area contributed by atoms with Crippen molar-refractivity contribution in [3.63, 3.8) is 0 Å². The van der Waals surface area contributed by atoms with Gasteiger partial charge >= 0.3 is 5.97 Å². The van der Waals surface area contributed by atoms with E-state index in [1.807, 2.05) is 44.2 Å². The third-order valence-electron chi connectivity index (χ3n) is 4.15. The predicted molar refractivity (Wildman–Crippen MR) is 109 cm³/mol. The average molecular weight is 385 g/mol. The molecule has 0 atom stereocenters. The molecule has 0 N–H and O–H groups in total. The van der Waals surface area contributed by atoms with Crippen molar-refractivity contribution in [1.82, 2.24) is 0 Å². The van der Waals surface area contributed by atoms with E-state index < -0.39 is 0 Å². The van der Waals surface area contributed by atoms with Crippen molar-refractivity contribution < 1.29 is 19.0 Å². The second kappa shape index (κ2) is 10.9. The Morgan fingerprint density at radius 3 is 2.36 bits per heavy atom. The van der Waals surface area contributed by atoms with Gasteiger partial charge in [0.2, 0.25) is 0 Å². The molecule has 7 nitrogen and oxygen atoms in total. The molecular weight excluding hydrogens is 358 g/mol. The SMILES string of the molecule is CCOC(=O)CCN(CC)c1ccc(N=Nc2cc(OC)ccc2OC)cc1. The molecule has 0 aromatic heterocycles. The number of benzene rings is 2. The van der Waals surface area contributed by atoms with Gasteiger partial charge in [0.1, 0.15) is 17.2 Å². The molecule has 2 rings (SSSR count). The van der Waals surface area contributed by atoms with Crippen molar-refractivity contribution in [3.05, 3.63) is 42.5 Å². The minimum Gasteiger partial charge on any atom is -0.497 e. The van der Waals surface area contributed by atoms with Crippen LogP contribution in [0.5, 0.6) is 11.5 Å². The fourth-order valence-corrected chi connectivity index (χ4v) is 2.65. The van der Waals surface area contributed by atoms with Gasteiger partial charge in [0, 0.05) is 24.8 Å². The van der Waals surface area contributed by atoms with Crippen LogP contribution in [0.2, 0.25) is 0 Å². The van der Waals surface area contributed by atoms with E-state index in [0.717, 1.165) is 17.9 Å². The number of hydrogen-bond acceptors (Lipinski definition) is 7. The average Bonchev–Trinajstić information content (AvgIpc) is 2.73. The van der Waals surface area contributed by atoms with E-state index in [1.54, 1.807) is 26.4 Å². The lowest BCUT2D eigenvalue weighted by molar-refractivity contribution is -0.142. The molecule has 0 spiro atoms. The summed E-state index contributed by atoms with van der Waals surface area (Å²) in [6.45, 7) is 5.67. The van der Waals surface area contributed by atoms with E-state index in [4.69, 9.17) is 14.2 Å². The molecule has 0 unspecified atom stereocenters. The highest BCUT2D eigenvalue weighted by Gasteiger charge is 2.09. The number of anilines is 1. The Hall–Kier alpha value is -3.09. The Bertz CT molecular complexity index is 791. The van der Waals surface area contributed by atoms with Gasteiger partial charge in [-0.2, -0.15) is 5.11 Å². The second-order valence-corrected chi connectivity index (χ2v) is 5.89. The maximum atomic E-state index is 11.6. The molecular formula is C21H27N3O4. The van der Waals surface area contributed by atoms with Crippen LogP contribution in [-0.2, 0) is 9.53 Å². The highest BCUT2D eigenvalue weighted by molar-refractivity contribution is 5.70. The van der Waals surface area contributed by atoms with Crippen molar-refractivity contribution in [2.45, 2.75) is 20.3 Å². The number of esters is 1. The van der Waals surface area contributed by atoms with E-state index in [9.17, 15) is 4.79 Å². The molecule has 2 aromatic rings. The smallest absolute Gasteiger partial charge is 0.307 e. The highest BCUT2D eigenvalue weighted by Crippen LogP contribution is 2.33. The zero-order chi connectivity index (χ0) is 20.4. The molecule has 150 valence electrons. The third-order valence-corrected chi connectivity index (χ3v) is 4.15. The molecule has 0 bridgehead atoms. The fourth-order valence-electron chi connectivity index (χ4n) is 2.65. The number of rotatable bonds is 10. The van der Waals surface area contributed by atoms with Gasteiger partial charge in [-0.25, -0.2) is 0 Å². The quantitative estimate of drug-likeness (QED) is 0.430. The normalized spacial score (nSPS) is 10.7. The van der Waals surface area contributed by atoms with Crippen LogP contribution in [0.25, 0.3) is 0 Å². The largest absolute Gasteiger partial charge is 0.497 e.